The molecule has 2 aliphatic rings. The highest BCUT2D eigenvalue weighted by Crippen LogP contribution is 2.23. The quantitative estimate of drug-likeness (QED) is 0.836. The van der Waals surface area contributed by atoms with E-state index in [1.54, 1.807) is 0 Å². The van der Waals surface area contributed by atoms with Crippen LogP contribution in [0.25, 0.3) is 0 Å². The first-order chi connectivity index (χ1) is 8.85. The van der Waals surface area contributed by atoms with Gasteiger partial charge in [0.25, 0.3) is 0 Å². The monoisotopic (exact) mass is 265 g/mol. The molecule has 1 aromatic rings. The molecule has 1 atom stereocenters. The summed E-state index contributed by atoms with van der Waals surface area (Å²) in [6.45, 7) is 8.33. The largest absolute Gasteiger partial charge is 0.298 e. The van der Waals surface area contributed by atoms with Crippen molar-refractivity contribution in [1.29, 1.82) is 0 Å². The number of aromatic nitrogens is 1. The lowest BCUT2D eigenvalue weighted by Gasteiger charge is -2.43. The van der Waals surface area contributed by atoms with Gasteiger partial charge in [0, 0.05) is 36.8 Å². The number of hydrogen-bond acceptors (Lipinski definition) is 4. The standard InChI is InChI=1S/C14H23N3S/c1-2-13-9-15-14(18-13)11-16-7-8-17-6-4-3-5-12(17)10-16/h9,12H,2-8,10-11H2,1H3. The van der Waals surface area contributed by atoms with Gasteiger partial charge in [0.2, 0.25) is 0 Å². The predicted molar refractivity (Wildman–Crippen MR) is 76.0 cm³/mol. The van der Waals surface area contributed by atoms with Gasteiger partial charge in [0.1, 0.15) is 5.01 Å². The zero-order chi connectivity index (χ0) is 12.4. The van der Waals surface area contributed by atoms with E-state index in [0.717, 1.165) is 19.0 Å². The molecule has 0 bridgehead atoms. The van der Waals surface area contributed by atoms with Crippen LogP contribution in [0.15, 0.2) is 6.20 Å². The summed E-state index contributed by atoms with van der Waals surface area (Å²) in [4.78, 5) is 11.3. The molecule has 4 heteroatoms. The van der Waals surface area contributed by atoms with Crippen molar-refractivity contribution >= 4 is 11.3 Å². The van der Waals surface area contributed by atoms with Crippen LogP contribution in [-0.4, -0.2) is 47.0 Å². The number of nitrogens with zero attached hydrogens (tertiary/aromatic N) is 3. The summed E-state index contributed by atoms with van der Waals surface area (Å²) in [5, 5.41) is 1.30. The van der Waals surface area contributed by atoms with E-state index in [-0.39, 0.29) is 0 Å². The van der Waals surface area contributed by atoms with Crippen molar-refractivity contribution in [3.63, 3.8) is 0 Å². The van der Waals surface area contributed by atoms with Crippen LogP contribution in [0, 0.1) is 0 Å². The van der Waals surface area contributed by atoms with Crippen molar-refractivity contribution in [1.82, 2.24) is 14.8 Å². The van der Waals surface area contributed by atoms with E-state index < -0.39 is 0 Å². The van der Waals surface area contributed by atoms with Crippen molar-refractivity contribution < 1.29 is 0 Å². The average molecular weight is 265 g/mol. The summed E-state index contributed by atoms with van der Waals surface area (Å²) >= 11 is 1.89. The second-order valence-corrected chi connectivity index (χ2v) is 6.69. The molecular weight excluding hydrogens is 242 g/mol. The smallest absolute Gasteiger partial charge is 0.107 e. The summed E-state index contributed by atoms with van der Waals surface area (Å²) < 4.78 is 0. The molecule has 3 heterocycles. The van der Waals surface area contributed by atoms with Crippen LogP contribution in [0.3, 0.4) is 0 Å². The normalized spacial score (nSPS) is 26.2. The Kier molecular flexibility index (Phi) is 3.97. The first-order valence-electron chi connectivity index (χ1n) is 7.25. The second kappa shape index (κ2) is 5.68. The minimum absolute atomic E-state index is 0.818. The van der Waals surface area contributed by atoms with E-state index in [2.05, 4.69) is 27.9 Å². The Morgan fingerprint density at radius 3 is 3.11 bits per heavy atom. The Bertz CT molecular complexity index is 390. The Hall–Kier alpha value is -0.450. The van der Waals surface area contributed by atoms with Crippen LogP contribution in [0.4, 0.5) is 0 Å². The molecule has 100 valence electrons. The van der Waals surface area contributed by atoms with Crippen LogP contribution in [0.2, 0.25) is 0 Å². The number of fused-ring (bicyclic) bond motifs is 1. The van der Waals surface area contributed by atoms with Gasteiger partial charge < -0.3 is 0 Å². The SMILES string of the molecule is CCc1cnc(CN2CCN3CCCCC3C2)s1. The molecule has 3 rings (SSSR count). The number of thiazole rings is 1. The van der Waals surface area contributed by atoms with Crippen molar-refractivity contribution in [3.8, 4) is 0 Å². The van der Waals surface area contributed by atoms with Crippen LogP contribution >= 0.6 is 11.3 Å². The Morgan fingerprint density at radius 2 is 2.28 bits per heavy atom. The van der Waals surface area contributed by atoms with Gasteiger partial charge in [0.05, 0.1) is 6.54 Å². The molecule has 0 saturated carbocycles. The van der Waals surface area contributed by atoms with E-state index in [0.29, 0.717) is 0 Å². The lowest BCUT2D eigenvalue weighted by molar-refractivity contribution is 0.0456. The summed E-state index contributed by atoms with van der Waals surface area (Å²) in [6.07, 6.45) is 7.40. The zero-order valence-electron chi connectivity index (χ0n) is 11.3. The van der Waals surface area contributed by atoms with Crippen LogP contribution in [0.1, 0.15) is 36.1 Å². The van der Waals surface area contributed by atoms with Gasteiger partial charge in [-0.25, -0.2) is 4.98 Å². The van der Waals surface area contributed by atoms with E-state index >= 15 is 0 Å². The van der Waals surface area contributed by atoms with Crippen LogP contribution in [-0.2, 0) is 13.0 Å². The Morgan fingerprint density at radius 1 is 1.33 bits per heavy atom. The van der Waals surface area contributed by atoms with E-state index in [1.165, 1.54) is 55.3 Å². The zero-order valence-corrected chi connectivity index (χ0v) is 12.1. The lowest BCUT2D eigenvalue weighted by atomic mass is 9.99. The van der Waals surface area contributed by atoms with Gasteiger partial charge in [-0.1, -0.05) is 13.3 Å². The van der Waals surface area contributed by atoms with Crippen molar-refractivity contribution in [2.45, 2.75) is 45.2 Å². The summed E-state index contributed by atoms with van der Waals surface area (Å²) in [5.41, 5.74) is 0. The predicted octanol–water partition coefficient (Wildman–Crippen LogP) is 2.38. The van der Waals surface area contributed by atoms with Gasteiger partial charge in [-0.05, 0) is 25.8 Å². The number of piperazine rings is 1. The lowest BCUT2D eigenvalue weighted by Crippen LogP contribution is -2.54. The third-order valence-corrected chi connectivity index (χ3v) is 5.36. The average Bonchev–Trinajstić information content (AvgIpc) is 2.86. The summed E-state index contributed by atoms with van der Waals surface area (Å²) in [5.74, 6) is 0. The fraction of sp³-hybridized carbons (Fsp3) is 0.786. The Balaban J connectivity index is 1.57. The molecule has 0 aromatic carbocycles. The van der Waals surface area contributed by atoms with Gasteiger partial charge >= 0.3 is 0 Å². The first-order valence-corrected chi connectivity index (χ1v) is 8.07. The Labute approximate surface area is 114 Å². The maximum atomic E-state index is 4.55. The topological polar surface area (TPSA) is 19.4 Å². The number of rotatable bonds is 3. The highest BCUT2D eigenvalue weighted by atomic mass is 32.1. The van der Waals surface area contributed by atoms with Crippen molar-refractivity contribution in [3.05, 3.63) is 16.1 Å². The van der Waals surface area contributed by atoms with Gasteiger partial charge in [-0.15, -0.1) is 11.3 Å². The van der Waals surface area contributed by atoms with Crippen molar-refractivity contribution in [2.75, 3.05) is 26.2 Å². The maximum Gasteiger partial charge on any atom is 0.107 e. The molecule has 18 heavy (non-hydrogen) atoms. The van der Waals surface area contributed by atoms with Gasteiger partial charge in [0.15, 0.2) is 0 Å². The summed E-state index contributed by atoms with van der Waals surface area (Å²) in [6, 6.07) is 0.818. The molecule has 0 spiro atoms. The third-order valence-electron chi connectivity index (χ3n) is 4.23. The molecule has 3 nitrogen and oxygen atoms in total. The minimum Gasteiger partial charge on any atom is -0.298 e. The third kappa shape index (κ3) is 2.76. The van der Waals surface area contributed by atoms with Crippen molar-refractivity contribution in [2.24, 2.45) is 0 Å². The molecule has 1 unspecified atom stereocenters. The number of hydrogen-bond donors (Lipinski definition) is 0. The van der Waals surface area contributed by atoms with Crippen LogP contribution in [0.5, 0.6) is 0 Å². The molecule has 0 N–H and O–H groups in total. The molecule has 2 saturated heterocycles. The molecule has 2 fully saturated rings. The minimum atomic E-state index is 0.818. The first kappa shape index (κ1) is 12.6. The highest BCUT2D eigenvalue weighted by molar-refractivity contribution is 7.11. The van der Waals surface area contributed by atoms with E-state index in [1.807, 2.05) is 11.3 Å². The number of aryl methyl sites for hydroxylation is 1. The van der Waals surface area contributed by atoms with Gasteiger partial charge in [-0.3, -0.25) is 9.80 Å². The maximum absolute atomic E-state index is 4.55. The molecule has 0 amide bonds. The molecule has 0 aliphatic carbocycles. The van der Waals surface area contributed by atoms with E-state index in [9.17, 15) is 0 Å². The fourth-order valence-corrected chi connectivity index (χ4v) is 4.04. The van der Waals surface area contributed by atoms with Crippen LogP contribution < -0.4 is 0 Å². The van der Waals surface area contributed by atoms with E-state index in [4.69, 9.17) is 0 Å². The fourth-order valence-electron chi connectivity index (χ4n) is 3.14. The second-order valence-electron chi connectivity index (χ2n) is 5.49. The molecule has 2 aliphatic heterocycles. The molecule has 1 aromatic heterocycles. The highest BCUT2D eigenvalue weighted by Gasteiger charge is 2.28. The van der Waals surface area contributed by atoms with Gasteiger partial charge in [-0.2, -0.15) is 0 Å². The number of piperidine rings is 1. The molecule has 0 radical (unpaired) electrons. The summed E-state index contributed by atoms with van der Waals surface area (Å²) in [7, 11) is 0. The molecular formula is C14H23N3S.